The molecule has 1 heterocycles. The Bertz CT molecular complexity index is 832. The van der Waals surface area contributed by atoms with E-state index in [0.29, 0.717) is 17.3 Å². The maximum Gasteiger partial charge on any atom is 0.251 e. The van der Waals surface area contributed by atoms with Crippen LogP contribution in [-0.2, 0) is 4.79 Å². The molecule has 1 saturated heterocycles. The van der Waals surface area contributed by atoms with Crippen LogP contribution in [0.5, 0.6) is 0 Å². The van der Waals surface area contributed by atoms with Crippen LogP contribution < -0.4 is 15.5 Å². The number of benzene rings is 2. The van der Waals surface area contributed by atoms with Crippen LogP contribution in [0.25, 0.3) is 0 Å². The Morgan fingerprint density at radius 3 is 2.41 bits per heavy atom. The number of amides is 2. The lowest BCUT2D eigenvalue weighted by Crippen LogP contribution is -2.50. The molecule has 6 nitrogen and oxygen atoms in total. The summed E-state index contributed by atoms with van der Waals surface area (Å²) in [5.41, 5.74) is 2.40. The van der Waals surface area contributed by atoms with Gasteiger partial charge in [0.1, 0.15) is 0 Å². The second-order valence-electron chi connectivity index (χ2n) is 7.54. The summed E-state index contributed by atoms with van der Waals surface area (Å²) in [4.78, 5) is 29.1. The third kappa shape index (κ3) is 5.15. The van der Waals surface area contributed by atoms with E-state index in [2.05, 4.69) is 51.7 Å². The van der Waals surface area contributed by atoms with Crippen LogP contribution in [-0.4, -0.2) is 56.0 Å². The van der Waals surface area contributed by atoms with E-state index < -0.39 is 0 Å². The minimum Gasteiger partial charge on any atom is -0.372 e. The molecule has 2 N–H and O–H groups in total. The van der Waals surface area contributed by atoms with Crippen LogP contribution >= 0.6 is 0 Å². The molecule has 0 aliphatic carbocycles. The van der Waals surface area contributed by atoms with Crippen LogP contribution in [0.15, 0.2) is 54.6 Å². The molecule has 2 aromatic carbocycles. The van der Waals surface area contributed by atoms with Gasteiger partial charge in [-0.3, -0.25) is 14.5 Å². The number of nitrogens with one attached hydrogen (secondary N) is 2. The van der Waals surface area contributed by atoms with Gasteiger partial charge in [-0.2, -0.15) is 0 Å². The minimum absolute atomic E-state index is 0.0473. The van der Waals surface area contributed by atoms with E-state index in [-0.39, 0.29) is 17.9 Å². The largest absolute Gasteiger partial charge is 0.372 e. The number of carbonyl (C=O) groups is 2. The smallest absolute Gasteiger partial charge is 0.251 e. The summed E-state index contributed by atoms with van der Waals surface area (Å²) in [5.74, 6) is -0.215. The van der Waals surface area contributed by atoms with E-state index in [1.165, 1.54) is 5.69 Å². The molecule has 29 heavy (non-hydrogen) atoms. The van der Waals surface area contributed by atoms with Crippen molar-refractivity contribution in [1.29, 1.82) is 0 Å². The predicted octanol–water partition coefficient (Wildman–Crippen LogP) is 2.97. The van der Waals surface area contributed by atoms with Crippen molar-refractivity contribution < 1.29 is 9.59 Å². The molecule has 2 aromatic rings. The molecular formula is C23H30N4O2. The van der Waals surface area contributed by atoms with E-state index >= 15 is 0 Å². The molecule has 1 unspecified atom stereocenters. The SMILES string of the molecule is CNC(=O)c1cccc(NC(=O)C(C)N2CCC(N(C)c3ccccc3)CC2)c1. The molecule has 0 bridgehead atoms. The summed E-state index contributed by atoms with van der Waals surface area (Å²) in [5, 5.41) is 5.54. The number of hydrogen-bond acceptors (Lipinski definition) is 4. The number of anilines is 2. The first-order valence-electron chi connectivity index (χ1n) is 10.1. The van der Waals surface area contributed by atoms with Crippen molar-refractivity contribution in [2.75, 3.05) is 37.4 Å². The Morgan fingerprint density at radius 1 is 1.07 bits per heavy atom. The van der Waals surface area contributed by atoms with Crippen molar-refractivity contribution in [1.82, 2.24) is 10.2 Å². The third-order valence-electron chi connectivity index (χ3n) is 5.76. The Kier molecular flexibility index (Phi) is 6.88. The lowest BCUT2D eigenvalue weighted by Gasteiger charge is -2.39. The van der Waals surface area contributed by atoms with E-state index in [9.17, 15) is 9.59 Å². The molecule has 0 saturated carbocycles. The van der Waals surface area contributed by atoms with Crippen molar-refractivity contribution in [2.45, 2.75) is 31.8 Å². The summed E-state index contributed by atoms with van der Waals surface area (Å²) in [6.07, 6.45) is 2.05. The topological polar surface area (TPSA) is 64.7 Å². The van der Waals surface area contributed by atoms with Crippen LogP contribution in [0.4, 0.5) is 11.4 Å². The van der Waals surface area contributed by atoms with Gasteiger partial charge in [-0.05, 0) is 50.1 Å². The molecule has 1 aliphatic rings. The second kappa shape index (κ2) is 9.56. The van der Waals surface area contributed by atoms with Gasteiger partial charge in [0.15, 0.2) is 0 Å². The molecule has 0 radical (unpaired) electrons. The van der Waals surface area contributed by atoms with Gasteiger partial charge in [-0.25, -0.2) is 0 Å². The first kappa shape index (κ1) is 20.9. The van der Waals surface area contributed by atoms with Crippen molar-refractivity contribution in [3.63, 3.8) is 0 Å². The highest BCUT2D eigenvalue weighted by atomic mass is 16.2. The average Bonchev–Trinajstić information content (AvgIpc) is 2.78. The maximum absolute atomic E-state index is 12.7. The summed E-state index contributed by atoms with van der Waals surface area (Å²) in [7, 11) is 3.74. The first-order valence-corrected chi connectivity index (χ1v) is 10.1. The van der Waals surface area contributed by atoms with Crippen LogP contribution in [0, 0.1) is 0 Å². The lowest BCUT2D eigenvalue weighted by atomic mass is 10.0. The summed E-state index contributed by atoms with van der Waals surface area (Å²) >= 11 is 0. The minimum atomic E-state index is -0.221. The highest BCUT2D eigenvalue weighted by Crippen LogP contribution is 2.23. The molecule has 0 spiro atoms. The van der Waals surface area contributed by atoms with Crippen molar-refractivity contribution in [3.8, 4) is 0 Å². The summed E-state index contributed by atoms with van der Waals surface area (Å²) in [6.45, 7) is 3.71. The number of carbonyl (C=O) groups excluding carboxylic acids is 2. The number of piperidine rings is 1. The van der Waals surface area contributed by atoms with Gasteiger partial charge in [0.25, 0.3) is 5.91 Å². The Morgan fingerprint density at radius 2 is 1.76 bits per heavy atom. The molecule has 1 fully saturated rings. The van der Waals surface area contributed by atoms with E-state index in [1.54, 1.807) is 31.3 Å². The monoisotopic (exact) mass is 394 g/mol. The van der Waals surface area contributed by atoms with Gasteiger partial charge in [-0.15, -0.1) is 0 Å². The van der Waals surface area contributed by atoms with Crippen LogP contribution in [0.1, 0.15) is 30.1 Å². The Labute approximate surface area is 172 Å². The van der Waals surface area contributed by atoms with Crippen molar-refractivity contribution in [2.24, 2.45) is 0 Å². The predicted molar refractivity (Wildman–Crippen MR) is 117 cm³/mol. The molecule has 6 heteroatoms. The fraction of sp³-hybridized carbons (Fsp3) is 0.391. The van der Waals surface area contributed by atoms with E-state index in [0.717, 1.165) is 25.9 Å². The Hall–Kier alpha value is -2.86. The van der Waals surface area contributed by atoms with Gasteiger partial charge in [0, 0.05) is 50.2 Å². The molecule has 1 atom stereocenters. The fourth-order valence-corrected chi connectivity index (χ4v) is 3.83. The van der Waals surface area contributed by atoms with Gasteiger partial charge >= 0.3 is 0 Å². The van der Waals surface area contributed by atoms with Crippen LogP contribution in [0.2, 0.25) is 0 Å². The second-order valence-corrected chi connectivity index (χ2v) is 7.54. The number of hydrogen-bond donors (Lipinski definition) is 2. The zero-order chi connectivity index (χ0) is 20.8. The lowest BCUT2D eigenvalue weighted by molar-refractivity contribution is -0.121. The van der Waals surface area contributed by atoms with Gasteiger partial charge in [0.05, 0.1) is 6.04 Å². The quantitative estimate of drug-likeness (QED) is 0.791. The normalized spacial score (nSPS) is 16.1. The molecule has 1 aliphatic heterocycles. The molecule has 2 amide bonds. The van der Waals surface area contributed by atoms with Crippen molar-refractivity contribution in [3.05, 3.63) is 60.2 Å². The standard InChI is InChI=1S/C23H30N4O2/c1-17(22(28)25-19-9-7-8-18(16-19)23(29)24-2)27-14-12-21(13-15-27)26(3)20-10-5-4-6-11-20/h4-11,16-17,21H,12-15H2,1-3H3,(H,24,29)(H,25,28). The highest BCUT2D eigenvalue weighted by Gasteiger charge is 2.28. The number of likely N-dealkylation sites (tertiary alicyclic amines) is 1. The van der Waals surface area contributed by atoms with Gasteiger partial charge in [0.2, 0.25) is 5.91 Å². The molecular weight excluding hydrogens is 364 g/mol. The van der Waals surface area contributed by atoms with E-state index in [4.69, 9.17) is 0 Å². The molecule has 0 aromatic heterocycles. The highest BCUT2D eigenvalue weighted by molar-refractivity contribution is 5.98. The molecule has 154 valence electrons. The number of nitrogens with zero attached hydrogens (tertiary/aromatic N) is 2. The fourth-order valence-electron chi connectivity index (χ4n) is 3.83. The number of rotatable bonds is 6. The zero-order valence-corrected chi connectivity index (χ0v) is 17.4. The Balaban J connectivity index is 1.54. The third-order valence-corrected chi connectivity index (χ3v) is 5.76. The molecule has 3 rings (SSSR count). The number of para-hydroxylation sites is 1. The summed E-state index contributed by atoms with van der Waals surface area (Å²) < 4.78 is 0. The van der Waals surface area contributed by atoms with Gasteiger partial charge in [-0.1, -0.05) is 24.3 Å². The van der Waals surface area contributed by atoms with Gasteiger partial charge < -0.3 is 15.5 Å². The van der Waals surface area contributed by atoms with E-state index in [1.807, 2.05) is 13.0 Å². The zero-order valence-electron chi connectivity index (χ0n) is 17.4. The first-order chi connectivity index (χ1) is 14.0. The van der Waals surface area contributed by atoms with Crippen molar-refractivity contribution >= 4 is 23.2 Å². The maximum atomic E-state index is 12.7. The van der Waals surface area contributed by atoms with Crippen LogP contribution in [0.3, 0.4) is 0 Å². The summed E-state index contributed by atoms with van der Waals surface area (Å²) in [6, 6.07) is 17.7. The average molecular weight is 395 g/mol.